The van der Waals surface area contributed by atoms with Crippen molar-refractivity contribution in [1.82, 2.24) is 0 Å². The maximum Gasteiger partial charge on any atom is 0.101 e. The second-order valence-corrected chi connectivity index (χ2v) is 6.08. The number of nitriles is 1. The molecule has 0 unspecified atom stereocenters. The van der Waals surface area contributed by atoms with E-state index in [-0.39, 0.29) is 0 Å². The molecule has 2 nitrogen and oxygen atoms in total. The molecule has 2 fully saturated rings. The number of aryl methyl sites for hydroxylation is 1. The number of rotatable bonds is 1. The molecule has 2 aliphatic rings. The van der Waals surface area contributed by atoms with Gasteiger partial charge < -0.3 is 4.90 Å². The lowest BCUT2D eigenvalue weighted by Crippen LogP contribution is -2.47. The minimum Gasteiger partial charge on any atom is -0.367 e. The molecule has 1 heterocycles. The summed E-state index contributed by atoms with van der Waals surface area (Å²) >= 11 is 0. The molecule has 0 spiro atoms. The van der Waals surface area contributed by atoms with E-state index in [0.29, 0.717) is 6.04 Å². The SMILES string of the molecule is Cc1ccc(C#N)c(N2CCC[C@H]3CCCC[C@H]32)c1. The van der Waals surface area contributed by atoms with Crippen molar-refractivity contribution in [1.29, 1.82) is 5.26 Å². The zero-order valence-electron chi connectivity index (χ0n) is 11.7. The van der Waals surface area contributed by atoms with E-state index in [4.69, 9.17) is 0 Å². The molecule has 1 aliphatic carbocycles. The van der Waals surface area contributed by atoms with Crippen molar-refractivity contribution in [2.75, 3.05) is 11.4 Å². The molecule has 0 N–H and O–H groups in total. The van der Waals surface area contributed by atoms with E-state index in [2.05, 4.69) is 24.0 Å². The molecule has 1 aliphatic heterocycles. The topological polar surface area (TPSA) is 27.0 Å². The van der Waals surface area contributed by atoms with Crippen LogP contribution in [0.4, 0.5) is 5.69 Å². The van der Waals surface area contributed by atoms with Crippen LogP contribution in [0.3, 0.4) is 0 Å². The van der Waals surface area contributed by atoms with E-state index in [9.17, 15) is 5.26 Å². The van der Waals surface area contributed by atoms with Gasteiger partial charge in [0.2, 0.25) is 0 Å². The summed E-state index contributed by atoms with van der Waals surface area (Å²) in [4.78, 5) is 2.54. The van der Waals surface area contributed by atoms with Crippen LogP contribution in [0, 0.1) is 24.2 Å². The Morgan fingerprint density at radius 1 is 1.16 bits per heavy atom. The summed E-state index contributed by atoms with van der Waals surface area (Å²) in [6, 6.07) is 9.28. The molecule has 2 atom stereocenters. The summed E-state index contributed by atoms with van der Waals surface area (Å²) in [5.41, 5.74) is 3.28. The van der Waals surface area contributed by atoms with E-state index in [0.717, 1.165) is 18.0 Å². The first-order valence-corrected chi connectivity index (χ1v) is 7.57. The third-order valence-corrected chi connectivity index (χ3v) is 4.83. The fourth-order valence-corrected chi connectivity index (χ4v) is 3.90. The van der Waals surface area contributed by atoms with Crippen molar-refractivity contribution >= 4 is 5.69 Å². The Kier molecular flexibility index (Phi) is 3.46. The molecular weight excluding hydrogens is 232 g/mol. The van der Waals surface area contributed by atoms with Crippen LogP contribution in [0.1, 0.15) is 49.7 Å². The minimum absolute atomic E-state index is 0.677. The molecule has 0 radical (unpaired) electrons. The second-order valence-electron chi connectivity index (χ2n) is 6.08. The van der Waals surface area contributed by atoms with E-state index in [1.165, 1.54) is 49.8 Å². The Hall–Kier alpha value is -1.49. The lowest BCUT2D eigenvalue weighted by Gasteiger charge is -2.45. The summed E-state index contributed by atoms with van der Waals surface area (Å²) in [5.74, 6) is 0.856. The van der Waals surface area contributed by atoms with Crippen LogP contribution in [0.5, 0.6) is 0 Å². The monoisotopic (exact) mass is 254 g/mol. The highest BCUT2D eigenvalue weighted by Gasteiger charge is 2.34. The molecule has 0 aromatic heterocycles. The zero-order chi connectivity index (χ0) is 13.2. The largest absolute Gasteiger partial charge is 0.367 e. The van der Waals surface area contributed by atoms with Crippen LogP contribution in [0.2, 0.25) is 0 Å². The Bertz CT molecular complexity index is 498. The fourth-order valence-electron chi connectivity index (χ4n) is 3.90. The standard InChI is InChI=1S/C17H22N2/c1-13-8-9-15(12-18)17(11-13)19-10-4-6-14-5-2-3-7-16(14)19/h8-9,11,14,16H,2-7,10H2,1H3/t14-,16-/m1/s1. The van der Waals surface area contributed by atoms with Gasteiger partial charge in [-0.05, 0) is 56.2 Å². The van der Waals surface area contributed by atoms with Gasteiger partial charge in [-0.3, -0.25) is 0 Å². The maximum atomic E-state index is 9.36. The molecule has 1 saturated heterocycles. The Morgan fingerprint density at radius 2 is 1.95 bits per heavy atom. The Labute approximate surface area is 116 Å². The van der Waals surface area contributed by atoms with Crippen LogP contribution in [0.25, 0.3) is 0 Å². The predicted octanol–water partition coefficient (Wildman–Crippen LogP) is 4.03. The first kappa shape index (κ1) is 12.5. The normalized spacial score (nSPS) is 26.6. The molecule has 1 aromatic rings. The average molecular weight is 254 g/mol. The molecule has 3 rings (SSSR count). The van der Waals surface area contributed by atoms with Gasteiger partial charge in [-0.15, -0.1) is 0 Å². The summed E-state index contributed by atoms with van der Waals surface area (Å²) in [6.45, 7) is 3.24. The van der Waals surface area contributed by atoms with E-state index >= 15 is 0 Å². The van der Waals surface area contributed by atoms with Gasteiger partial charge in [0.15, 0.2) is 0 Å². The van der Waals surface area contributed by atoms with Crippen LogP contribution < -0.4 is 4.90 Å². The van der Waals surface area contributed by atoms with Crippen molar-refractivity contribution in [2.24, 2.45) is 5.92 Å². The number of anilines is 1. The summed E-state index contributed by atoms with van der Waals surface area (Å²) < 4.78 is 0. The molecule has 100 valence electrons. The highest BCUT2D eigenvalue weighted by molar-refractivity contribution is 5.61. The second kappa shape index (κ2) is 5.25. The molecule has 0 amide bonds. The first-order valence-electron chi connectivity index (χ1n) is 7.57. The lowest BCUT2D eigenvalue weighted by molar-refractivity contribution is 0.244. The third kappa shape index (κ3) is 2.34. The van der Waals surface area contributed by atoms with Crippen molar-refractivity contribution in [3.8, 4) is 6.07 Å². The predicted molar refractivity (Wildman–Crippen MR) is 78.2 cm³/mol. The van der Waals surface area contributed by atoms with Gasteiger partial charge in [0, 0.05) is 12.6 Å². The van der Waals surface area contributed by atoms with Crippen molar-refractivity contribution < 1.29 is 0 Å². The van der Waals surface area contributed by atoms with Gasteiger partial charge in [-0.2, -0.15) is 5.26 Å². The highest BCUT2D eigenvalue weighted by Crippen LogP contribution is 2.38. The molecular formula is C17H22N2. The van der Waals surface area contributed by atoms with Crippen LogP contribution in [-0.2, 0) is 0 Å². The lowest BCUT2D eigenvalue weighted by atomic mass is 9.78. The van der Waals surface area contributed by atoms with Crippen LogP contribution in [-0.4, -0.2) is 12.6 Å². The van der Waals surface area contributed by atoms with Crippen molar-refractivity contribution in [2.45, 2.75) is 51.5 Å². The van der Waals surface area contributed by atoms with Gasteiger partial charge >= 0.3 is 0 Å². The fraction of sp³-hybridized carbons (Fsp3) is 0.588. The zero-order valence-corrected chi connectivity index (χ0v) is 11.7. The number of hydrogen-bond donors (Lipinski definition) is 0. The quantitative estimate of drug-likeness (QED) is 0.756. The van der Waals surface area contributed by atoms with Gasteiger partial charge in [-0.1, -0.05) is 18.9 Å². The molecule has 0 bridgehead atoms. The number of fused-ring (bicyclic) bond motifs is 1. The third-order valence-electron chi connectivity index (χ3n) is 4.83. The van der Waals surface area contributed by atoms with Crippen molar-refractivity contribution in [3.63, 3.8) is 0 Å². The van der Waals surface area contributed by atoms with E-state index < -0.39 is 0 Å². The van der Waals surface area contributed by atoms with Gasteiger partial charge in [0.1, 0.15) is 6.07 Å². The smallest absolute Gasteiger partial charge is 0.101 e. The van der Waals surface area contributed by atoms with E-state index in [1.807, 2.05) is 12.1 Å². The summed E-state index contributed by atoms with van der Waals surface area (Å²) in [6.07, 6.45) is 8.10. The number of benzene rings is 1. The summed E-state index contributed by atoms with van der Waals surface area (Å²) in [5, 5.41) is 9.36. The van der Waals surface area contributed by atoms with Gasteiger partial charge in [-0.25, -0.2) is 0 Å². The average Bonchev–Trinajstić information content (AvgIpc) is 2.46. The Morgan fingerprint density at radius 3 is 2.79 bits per heavy atom. The van der Waals surface area contributed by atoms with Gasteiger partial charge in [0.05, 0.1) is 11.3 Å². The van der Waals surface area contributed by atoms with E-state index in [1.54, 1.807) is 0 Å². The molecule has 19 heavy (non-hydrogen) atoms. The molecule has 1 aromatic carbocycles. The highest BCUT2D eigenvalue weighted by atomic mass is 15.2. The first-order chi connectivity index (χ1) is 9.29. The minimum atomic E-state index is 0.677. The summed E-state index contributed by atoms with van der Waals surface area (Å²) in [7, 11) is 0. The molecule has 2 heteroatoms. The number of piperidine rings is 1. The van der Waals surface area contributed by atoms with Gasteiger partial charge in [0.25, 0.3) is 0 Å². The molecule has 1 saturated carbocycles. The van der Waals surface area contributed by atoms with Crippen LogP contribution in [0.15, 0.2) is 18.2 Å². The number of hydrogen-bond acceptors (Lipinski definition) is 2. The maximum absolute atomic E-state index is 9.36. The number of nitrogens with zero attached hydrogens (tertiary/aromatic N) is 2. The van der Waals surface area contributed by atoms with Crippen molar-refractivity contribution in [3.05, 3.63) is 29.3 Å². The van der Waals surface area contributed by atoms with Crippen LogP contribution >= 0.6 is 0 Å². The Balaban J connectivity index is 1.96.